The van der Waals surface area contributed by atoms with Crippen LogP contribution in [-0.4, -0.2) is 32.3 Å². The van der Waals surface area contributed by atoms with Crippen LogP contribution in [0, 0.1) is 0 Å². The topological polar surface area (TPSA) is 95.6 Å². The molecule has 0 heterocycles. The molecule has 178 valence electrons. The van der Waals surface area contributed by atoms with Crippen molar-refractivity contribution in [3.63, 3.8) is 0 Å². The van der Waals surface area contributed by atoms with Gasteiger partial charge in [-0.3, -0.25) is 13.9 Å². The number of nitrogens with one attached hydrogen (secondary N) is 2. The molecule has 0 saturated carbocycles. The molecule has 9 heteroatoms. The Kier molecular flexibility index (Phi) is 7.64. The Morgan fingerprint density at radius 3 is 2.09 bits per heavy atom. The monoisotopic (exact) mass is 499 g/mol. The zero-order chi connectivity index (χ0) is 24.9. The van der Waals surface area contributed by atoms with Gasteiger partial charge in [0.15, 0.2) is 0 Å². The number of hydrogen-bond donors (Lipinski definition) is 2. The lowest BCUT2D eigenvalue weighted by molar-refractivity contribution is -0.114. The lowest BCUT2D eigenvalue weighted by Gasteiger charge is -2.25. The van der Waals surface area contributed by atoms with Gasteiger partial charge in [-0.15, -0.1) is 0 Å². The minimum Gasteiger partial charge on any atom is -0.347 e. The summed E-state index contributed by atoms with van der Waals surface area (Å²) < 4.78 is 27.8. The predicted molar refractivity (Wildman–Crippen MR) is 135 cm³/mol. The zero-order valence-corrected chi connectivity index (χ0v) is 20.7. The van der Waals surface area contributed by atoms with Gasteiger partial charge in [-0.05, 0) is 69.3 Å². The third kappa shape index (κ3) is 6.36. The van der Waals surface area contributed by atoms with Crippen molar-refractivity contribution in [3.8, 4) is 0 Å². The van der Waals surface area contributed by atoms with Crippen molar-refractivity contribution < 1.29 is 18.0 Å². The Bertz CT molecular complexity index is 1270. The normalized spacial score (nSPS) is 11.5. The summed E-state index contributed by atoms with van der Waals surface area (Å²) in [7, 11) is -4.07. The summed E-state index contributed by atoms with van der Waals surface area (Å²) in [4.78, 5) is 25.7. The first-order valence-corrected chi connectivity index (χ1v) is 12.3. The van der Waals surface area contributed by atoms with E-state index in [1.807, 2.05) is 20.8 Å². The molecule has 0 radical (unpaired) electrons. The second kappa shape index (κ2) is 10.3. The average molecular weight is 500 g/mol. The van der Waals surface area contributed by atoms with Crippen LogP contribution in [0.2, 0.25) is 5.02 Å². The molecule has 0 spiro atoms. The number of halogens is 1. The molecule has 3 aromatic carbocycles. The van der Waals surface area contributed by atoms with Crippen LogP contribution >= 0.6 is 11.6 Å². The Labute approximate surface area is 204 Å². The molecule has 0 unspecified atom stereocenters. The van der Waals surface area contributed by atoms with Crippen LogP contribution in [0.4, 0.5) is 11.4 Å². The first-order valence-electron chi connectivity index (χ1n) is 10.5. The molecule has 7 nitrogen and oxygen atoms in total. The molecule has 0 saturated heterocycles. The molecule has 2 N–H and O–H groups in total. The van der Waals surface area contributed by atoms with Gasteiger partial charge in [0.05, 0.1) is 21.8 Å². The maximum absolute atomic E-state index is 13.4. The highest BCUT2D eigenvalue weighted by Gasteiger charge is 2.28. The van der Waals surface area contributed by atoms with Crippen molar-refractivity contribution in [2.75, 3.05) is 16.2 Å². The van der Waals surface area contributed by atoms with E-state index in [0.29, 0.717) is 10.7 Å². The fraction of sp³-hybridized carbons (Fsp3) is 0.200. The Morgan fingerprint density at radius 1 is 0.882 bits per heavy atom. The van der Waals surface area contributed by atoms with Crippen LogP contribution in [0.3, 0.4) is 0 Å². The number of nitrogens with zero attached hydrogens (tertiary/aromatic N) is 1. The van der Waals surface area contributed by atoms with Gasteiger partial charge >= 0.3 is 0 Å². The van der Waals surface area contributed by atoms with Crippen LogP contribution in [0.5, 0.6) is 0 Å². The van der Waals surface area contributed by atoms with Gasteiger partial charge in [-0.1, -0.05) is 41.9 Å². The van der Waals surface area contributed by atoms with Crippen LogP contribution in [0.25, 0.3) is 0 Å². The molecule has 34 heavy (non-hydrogen) atoms. The van der Waals surface area contributed by atoms with E-state index in [1.165, 1.54) is 24.3 Å². The summed E-state index contributed by atoms with van der Waals surface area (Å²) in [6, 6.07) is 20.6. The number of para-hydroxylation sites is 2. The number of rotatable bonds is 7. The molecule has 0 atom stereocenters. The van der Waals surface area contributed by atoms with Crippen molar-refractivity contribution in [2.24, 2.45) is 0 Å². The second-order valence-electron chi connectivity index (χ2n) is 8.60. The van der Waals surface area contributed by atoms with Crippen molar-refractivity contribution in [1.29, 1.82) is 0 Å². The first-order chi connectivity index (χ1) is 16.0. The van der Waals surface area contributed by atoms with Gasteiger partial charge in [0.1, 0.15) is 6.54 Å². The quantitative estimate of drug-likeness (QED) is 0.492. The Morgan fingerprint density at radius 2 is 1.47 bits per heavy atom. The van der Waals surface area contributed by atoms with Crippen LogP contribution in [0.15, 0.2) is 83.8 Å². The summed E-state index contributed by atoms with van der Waals surface area (Å²) in [6.45, 7) is 5.06. The number of anilines is 2. The number of benzene rings is 3. The van der Waals surface area contributed by atoms with Crippen molar-refractivity contribution in [2.45, 2.75) is 31.2 Å². The number of sulfonamides is 1. The minimum atomic E-state index is -4.07. The van der Waals surface area contributed by atoms with Crippen molar-refractivity contribution in [3.05, 3.63) is 89.4 Å². The standard InChI is InChI=1S/C25H26ClN3O4S/c1-25(2,3)28-24(31)21-11-7-8-12-22(21)27-23(30)17-29(19-9-5-4-6-10-19)34(32,33)20-15-13-18(26)14-16-20/h4-16H,17H2,1-3H3,(H,27,30)(H,28,31). The average Bonchev–Trinajstić information content (AvgIpc) is 2.77. The Hall–Kier alpha value is -3.36. The smallest absolute Gasteiger partial charge is 0.264 e. The fourth-order valence-corrected chi connectivity index (χ4v) is 4.71. The maximum Gasteiger partial charge on any atom is 0.264 e. The van der Waals surface area contributed by atoms with E-state index in [0.717, 1.165) is 4.31 Å². The Balaban J connectivity index is 1.90. The molecular formula is C25H26ClN3O4S. The second-order valence-corrected chi connectivity index (χ2v) is 10.9. The molecule has 2 amide bonds. The molecule has 0 fully saturated rings. The van der Waals surface area contributed by atoms with Gasteiger partial charge in [0.25, 0.3) is 15.9 Å². The molecule has 0 aromatic heterocycles. The molecular weight excluding hydrogens is 474 g/mol. The lowest BCUT2D eigenvalue weighted by Crippen LogP contribution is -2.41. The molecule has 0 aliphatic rings. The van der Waals surface area contributed by atoms with E-state index in [1.54, 1.807) is 54.6 Å². The van der Waals surface area contributed by atoms with Gasteiger partial charge in [-0.25, -0.2) is 8.42 Å². The SMILES string of the molecule is CC(C)(C)NC(=O)c1ccccc1NC(=O)CN(c1ccccc1)S(=O)(=O)c1ccc(Cl)cc1. The summed E-state index contributed by atoms with van der Waals surface area (Å²) >= 11 is 5.91. The van der Waals surface area contributed by atoms with E-state index in [2.05, 4.69) is 10.6 Å². The molecule has 0 bridgehead atoms. The third-order valence-electron chi connectivity index (χ3n) is 4.67. The fourth-order valence-electron chi connectivity index (χ4n) is 3.16. The number of amides is 2. The summed E-state index contributed by atoms with van der Waals surface area (Å²) in [6.07, 6.45) is 0. The highest BCUT2D eigenvalue weighted by molar-refractivity contribution is 7.92. The van der Waals surface area contributed by atoms with Crippen LogP contribution in [0.1, 0.15) is 31.1 Å². The van der Waals surface area contributed by atoms with E-state index in [4.69, 9.17) is 11.6 Å². The molecule has 3 rings (SSSR count). The predicted octanol–water partition coefficient (Wildman–Crippen LogP) is 4.70. The van der Waals surface area contributed by atoms with Gasteiger partial charge in [0.2, 0.25) is 5.91 Å². The first kappa shape index (κ1) is 25.3. The molecule has 3 aromatic rings. The van der Waals surface area contributed by atoms with Crippen LogP contribution < -0.4 is 14.9 Å². The highest BCUT2D eigenvalue weighted by Crippen LogP contribution is 2.25. The van der Waals surface area contributed by atoms with E-state index in [-0.39, 0.29) is 22.1 Å². The number of carbonyl (C=O) groups is 2. The van der Waals surface area contributed by atoms with E-state index in [9.17, 15) is 18.0 Å². The number of carbonyl (C=O) groups excluding carboxylic acids is 2. The van der Waals surface area contributed by atoms with Gasteiger partial charge in [0, 0.05) is 10.6 Å². The lowest BCUT2D eigenvalue weighted by atomic mass is 10.1. The summed E-state index contributed by atoms with van der Waals surface area (Å²) in [5, 5.41) is 5.94. The van der Waals surface area contributed by atoms with Crippen LogP contribution in [-0.2, 0) is 14.8 Å². The number of hydrogen-bond acceptors (Lipinski definition) is 4. The molecule has 0 aliphatic carbocycles. The van der Waals surface area contributed by atoms with E-state index >= 15 is 0 Å². The van der Waals surface area contributed by atoms with Gasteiger partial charge < -0.3 is 10.6 Å². The van der Waals surface area contributed by atoms with E-state index < -0.39 is 28.0 Å². The highest BCUT2D eigenvalue weighted by atomic mass is 35.5. The van der Waals surface area contributed by atoms with Crippen molar-refractivity contribution in [1.82, 2.24) is 5.32 Å². The zero-order valence-electron chi connectivity index (χ0n) is 19.1. The van der Waals surface area contributed by atoms with Gasteiger partial charge in [-0.2, -0.15) is 0 Å². The summed E-state index contributed by atoms with van der Waals surface area (Å²) in [5.74, 6) is -0.950. The third-order valence-corrected chi connectivity index (χ3v) is 6.71. The minimum absolute atomic E-state index is 0.00138. The summed E-state index contributed by atoms with van der Waals surface area (Å²) in [5.41, 5.74) is 0.417. The molecule has 0 aliphatic heterocycles. The maximum atomic E-state index is 13.4. The largest absolute Gasteiger partial charge is 0.347 e. The van der Waals surface area contributed by atoms with Crippen molar-refractivity contribution >= 4 is 44.8 Å².